The first-order chi connectivity index (χ1) is 9.65. The van der Waals surface area contributed by atoms with Crippen molar-refractivity contribution in [3.05, 3.63) is 28.2 Å². The van der Waals surface area contributed by atoms with E-state index in [2.05, 4.69) is 37.9 Å². The van der Waals surface area contributed by atoms with Crippen LogP contribution in [0, 0.1) is 0 Å². The molecule has 2 fully saturated rings. The lowest BCUT2D eigenvalue weighted by molar-refractivity contribution is 0.133. The number of nitrogens with two attached hydrogens (primary N) is 1. The van der Waals surface area contributed by atoms with Crippen LogP contribution in [0.4, 0.5) is 5.69 Å². The van der Waals surface area contributed by atoms with E-state index in [0.29, 0.717) is 4.99 Å². The van der Waals surface area contributed by atoms with Gasteiger partial charge in [-0.25, -0.2) is 0 Å². The third-order valence-corrected chi connectivity index (χ3v) is 5.30. The Bertz CT molecular complexity index is 520. The van der Waals surface area contributed by atoms with Gasteiger partial charge in [0, 0.05) is 41.4 Å². The second-order valence-corrected chi connectivity index (χ2v) is 6.95. The normalized spacial score (nSPS) is 23.4. The molecule has 0 aromatic heterocycles. The van der Waals surface area contributed by atoms with Crippen molar-refractivity contribution in [3.63, 3.8) is 0 Å². The number of rotatable bonds is 2. The molecule has 2 aliphatic rings. The van der Waals surface area contributed by atoms with Crippen molar-refractivity contribution in [2.75, 3.05) is 31.1 Å². The molecule has 2 aliphatic heterocycles. The largest absolute Gasteiger partial charge is 0.389 e. The Balaban J connectivity index is 1.76. The molecule has 20 heavy (non-hydrogen) atoms. The molecule has 0 radical (unpaired) electrons. The first-order valence-corrected chi connectivity index (χ1v) is 8.43. The number of fused-ring (bicyclic) bond motifs is 1. The third kappa shape index (κ3) is 2.85. The van der Waals surface area contributed by atoms with Crippen LogP contribution in [0.15, 0.2) is 22.7 Å². The van der Waals surface area contributed by atoms with E-state index < -0.39 is 0 Å². The van der Waals surface area contributed by atoms with Gasteiger partial charge in [0.05, 0.1) is 0 Å². The molecule has 3 rings (SSSR count). The molecule has 0 amide bonds. The van der Waals surface area contributed by atoms with Crippen LogP contribution in [0.25, 0.3) is 0 Å². The van der Waals surface area contributed by atoms with Crippen LogP contribution in [-0.4, -0.2) is 42.1 Å². The maximum Gasteiger partial charge on any atom is 0.105 e. The van der Waals surface area contributed by atoms with Crippen LogP contribution in [0.5, 0.6) is 0 Å². The molecule has 5 heteroatoms. The zero-order valence-electron chi connectivity index (χ0n) is 11.5. The van der Waals surface area contributed by atoms with Crippen molar-refractivity contribution in [2.24, 2.45) is 5.73 Å². The molecule has 0 spiro atoms. The van der Waals surface area contributed by atoms with E-state index in [1.807, 2.05) is 6.07 Å². The molecule has 2 heterocycles. The number of hydrogen-bond donors (Lipinski definition) is 1. The predicted molar refractivity (Wildman–Crippen MR) is 91.5 cm³/mol. The SMILES string of the molecule is NC(=S)c1ccc(N2CCN3CCCCC3C2)cc1Br. The Hall–Kier alpha value is -0.650. The number of piperazine rings is 1. The van der Waals surface area contributed by atoms with E-state index in [0.717, 1.165) is 29.2 Å². The minimum atomic E-state index is 0.445. The van der Waals surface area contributed by atoms with E-state index in [-0.39, 0.29) is 0 Å². The van der Waals surface area contributed by atoms with Crippen molar-refractivity contribution >= 4 is 38.8 Å². The Labute approximate surface area is 134 Å². The number of piperidine rings is 1. The smallest absolute Gasteiger partial charge is 0.105 e. The molecule has 3 nitrogen and oxygen atoms in total. The maximum atomic E-state index is 5.71. The summed E-state index contributed by atoms with van der Waals surface area (Å²) < 4.78 is 0.994. The van der Waals surface area contributed by atoms with Crippen molar-refractivity contribution < 1.29 is 0 Å². The summed E-state index contributed by atoms with van der Waals surface area (Å²) in [6.45, 7) is 4.70. The fraction of sp³-hybridized carbons (Fsp3) is 0.533. The average molecular weight is 354 g/mol. The van der Waals surface area contributed by atoms with Crippen molar-refractivity contribution in [1.82, 2.24) is 4.90 Å². The van der Waals surface area contributed by atoms with E-state index >= 15 is 0 Å². The molecule has 0 aliphatic carbocycles. The molecule has 1 unspecified atom stereocenters. The minimum absolute atomic E-state index is 0.445. The zero-order chi connectivity index (χ0) is 14.1. The molecular weight excluding hydrogens is 334 g/mol. The topological polar surface area (TPSA) is 32.5 Å². The van der Waals surface area contributed by atoms with Crippen LogP contribution in [0.1, 0.15) is 24.8 Å². The summed E-state index contributed by atoms with van der Waals surface area (Å²) in [5.74, 6) is 0. The van der Waals surface area contributed by atoms with Crippen LogP contribution in [0.3, 0.4) is 0 Å². The van der Waals surface area contributed by atoms with Crippen LogP contribution in [0.2, 0.25) is 0 Å². The van der Waals surface area contributed by atoms with Crippen LogP contribution < -0.4 is 10.6 Å². The van der Waals surface area contributed by atoms with Crippen molar-refractivity contribution in [2.45, 2.75) is 25.3 Å². The summed E-state index contributed by atoms with van der Waals surface area (Å²) >= 11 is 8.63. The maximum absolute atomic E-state index is 5.71. The van der Waals surface area contributed by atoms with Gasteiger partial charge in [-0.2, -0.15) is 0 Å². The number of nitrogens with zero attached hydrogens (tertiary/aromatic N) is 2. The zero-order valence-corrected chi connectivity index (χ0v) is 13.9. The van der Waals surface area contributed by atoms with Gasteiger partial charge >= 0.3 is 0 Å². The van der Waals surface area contributed by atoms with Crippen molar-refractivity contribution in [1.29, 1.82) is 0 Å². The van der Waals surface area contributed by atoms with Gasteiger partial charge < -0.3 is 10.6 Å². The minimum Gasteiger partial charge on any atom is -0.389 e. The average Bonchev–Trinajstić information content (AvgIpc) is 2.46. The lowest BCUT2D eigenvalue weighted by atomic mass is 9.99. The lowest BCUT2D eigenvalue weighted by Crippen LogP contribution is -2.54. The van der Waals surface area contributed by atoms with Gasteiger partial charge in [0.2, 0.25) is 0 Å². The van der Waals surface area contributed by atoms with Crippen molar-refractivity contribution in [3.8, 4) is 0 Å². The fourth-order valence-corrected chi connectivity index (χ4v) is 4.18. The molecule has 1 aromatic carbocycles. The Morgan fingerprint density at radius 3 is 2.85 bits per heavy atom. The molecule has 0 saturated carbocycles. The number of halogens is 1. The molecule has 108 valence electrons. The highest BCUT2D eigenvalue weighted by Gasteiger charge is 2.29. The summed E-state index contributed by atoms with van der Waals surface area (Å²) in [7, 11) is 0. The summed E-state index contributed by atoms with van der Waals surface area (Å²) in [5, 5.41) is 0. The van der Waals surface area contributed by atoms with E-state index in [9.17, 15) is 0 Å². The summed E-state index contributed by atoms with van der Waals surface area (Å²) in [6, 6.07) is 7.03. The Kier molecular flexibility index (Phi) is 4.29. The van der Waals surface area contributed by atoms with Crippen LogP contribution in [-0.2, 0) is 0 Å². The molecule has 1 aromatic rings. The fourth-order valence-electron chi connectivity index (χ4n) is 3.29. The van der Waals surface area contributed by atoms with Gasteiger partial charge in [-0.05, 0) is 53.5 Å². The monoisotopic (exact) mass is 353 g/mol. The summed E-state index contributed by atoms with van der Waals surface area (Å²) in [4.78, 5) is 5.58. The second kappa shape index (κ2) is 6.00. The quantitative estimate of drug-likeness (QED) is 0.828. The third-order valence-electron chi connectivity index (χ3n) is 4.42. The van der Waals surface area contributed by atoms with Gasteiger partial charge in [0.15, 0.2) is 0 Å². The summed E-state index contributed by atoms with van der Waals surface area (Å²) in [6.07, 6.45) is 4.08. The molecule has 2 N–H and O–H groups in total. The highest BCUT2D eigenvalue weighted by Crippen LogP contribution is 2.28. The summed E-state index contributed by atoms with van der Waals surface area (Å²) in [5.41, 5.74) is 7.89. The van der Waals surface area contributed by atoms with Gasteiger partial charge in [0.25, 0.3) is 0 Å². The number of hydrogen-bond acceptors (Lipinski definition) is 3. The Morgan fingerprint density at radius 2 is 2.10 bits per heavy atom. The standard InChI is InChI=1S/C15H20BrN3S/c16-14-9-11(4-5-13(14)15(17)20)19-8-7-18-6-2-1-3-12(18)10-19/h4-5,9,12H,1-3,6-8,10H2,(H2,17,20). The molecular formula is C15H20BrN3S. The number of thiocarbonyl (C=S) groups is 1. The van der Waals surface area contributed by atoms with E-state index in [1.54, 1.807) is 0 Å². The first-order valence-electron chi connectivity index (χ1n) is 7.23. The van der Waals surface area contributed by atoms with E-state index in [4.69, 9.17) is 18.0 Å². The van der Waals surface area contributed by atoms with Gasteiger partial charge in [-0.3, -0.25) is 4.90 Å². The Morgan fingerprint density at radius 1 is 1.25 bits per heavy atom. The highest BCUT2D eigenvalue weighted by atomic mass is 79.9. The van der Waals surface area contributed by atoms with Gasteiger partial charge in [-0.1, -0.05) is 18.6 Å². The predicted octanol–water partition coefficient (Wildman–Crippen LogP) is 2.76. The lowest BCUT2D eigenvalue weighted by Gasteiger charge is -2.45. The molecule has 0 bridgehead atoms. The molecule has 1 atom stereocenters. The van der Waals surface area contributed by atoms with Gasteiger partial charge in [0.1, 0.15) is 4.99 Å². The van der Waals surface area contributed by atoms with E-state index in [1.165, 1.54) is 38.0 Å². The number of benzene rings is 1. The first kappa shape index (κ1) is 14.3. The van der Waals surface area contributed by atoms with Crippen LogP contribution >= 0.6 is 28.1 Å². The molecule has 2 saturated heterocycles. The second-order valence-electron chi connectivity index (χ2n) is 5.66. The number of anilines is 1. The highest BCUT2D eigenvalue weighted by molar-refractivity contribution is 9.10. The van der Waals surface area contributed by atoms with Gasteiger partial charge in [-0.15, -0.1) is 0 Å².